The van der Waals surface area contributed by atoms with Crippen LogP contribution >= 0.6 is 0 Å². The van der Waals surface area contributed by atoms with Crippen LogP contribution in [0, 0.1) is 23.7 Å². The summed E-state index contributed by atoms with van der Waals surface area (Å²) in [6.07, 6.45) is 4.57. The average molecular weight is 406 g/mol. The van der Waals surface area contributed by atoms with E-state index in [4.69, 9.17) is 4.74 Å². The molecular weight excluding hydrogens is 384 g/mol. The Morgan fingerprint density at radius 1 is 0.933 bits per heavy atom. The number of allylic oxidation sites excluding steroid dienone is 2. The van der Waals surface area contributed by atoms with Gasteiger partial charge >= 0.3 is 5.97 Å². The number of rotatable bonds is 6. The summed E-state index contributed by atoms with van der Waals surface area (Å²) in [6.45, 7) is 0. The lowest BCUT2D eigenvalue weighted by atomic mass is 9.82. The fraction of sp³-hybridized carbons (Fsp3) is 0.261. The van der Waals surface area contributed by atoms with Gasteiger partial charge in [0, 0.05) is 16.9 Å². The number of fused-ring (bicyclic) bond motifs is 2. The summed E-state index contributed by atoms with van der Waals surface area (Å²) >= 11 is 0. The predicted molar refractivity (Wildman–Crippen MR) is 111 cm³/mol. The molecule has 1 fully saturated rings. The van der Waals surface area contributed by atoms with Crippen LogP contribution < -0.4 is 15.4 Å². The maximum atomic E-state index is 12.7. The molecule has 0 radical (unpaired) electrons. The first-order chi connectivity index (χ1) is 14.5. The minimum absolute atomic E-state index is 0.0301. The highest BCUT2D eigenvalue weighted by atomic mass is 16.5. The van der Waals surface area contributed by atoms with Crippen molar-refractivity contribution in [2.75, 3.05) is 17.7 Å². The number of anilines is 2. The standard InChI is InChI=1S/C23H22N2O5/c1-30-18-4-2-3-15(12-18)21(26)24-16-7-9-17(10-8-16)25-22(27)19-13-5-6-14(11-13)20(19)23(28)29/h2-10,12-14,19-20H,11H2,1H3,(H,24,26)(H,25,27)(H,28,29)/t13-,14+,19+,20+/m1/s1. The van der Waals surface area contributed by atoms with Crippen molar-refractivity contribution in [1.82, 2.24) is 0 Å². The molecule has 0 saturated heterocycles. The van der Waals surface area contributed by atoms with Crippen LogP contribution in [0.25, 0.3) is 0 Å². The lowest BCUT2D eigenvalue weighted by Gasteiger charge is -2.23. The molecule has 2 aromatic rings. The van der Waals surface area contributed by atoms with E-state index in [1.165, 1.54) is 7.11 Å². The van der Waals surface area contributed by atoms with Gasteiger partial charge in [0.15, 0.2) is 0 Å². The number of carboxylic acid groups (broad SMARTS) is 1. The first kappa shape index (κ1) is 19.7. The quantitative estimate of drug-likeness (QED) is 0.638. The molecule has 0 spiro atoms. The second kappa shape index (κ2) is 8.02. The van der Waals surface area contributed by atoms with Gasteiger partial charge in [-0.2, -0.15) is 0 Å². The normalized spacial score (nSPS) is 23.8. The van der Waals surface area contributed by atoms with Crippen LogP contribution in [-0.2, 0) is 9.59 Å². The second-order valence-corrected chi connectivity index (χ2v) is 7.59. The van der Waals surface area contributed by atoms with Crippen molar-refractivity contribution < 1.29 is 24.2 Å². The molecule has 2 aromatic carbocycles. The number of benzene rings is 2. The Morgan fingerprint density at radius 3 is 2.20 bits per heavy atom. The molecule has 1 saturated carbocycles. The molecular formula is C23H22N2O5. The zero-order chi connectivity index (χ0) is 21.3. The van der Waals surface area contributed by atoms with Crippen LogP contribution in [0.5, 0.6) is 5.75 Å². The molecule has 4 atom stereocenters. The number of methoxy groups -OCH3 is 1. The number of aliphatic carboxylic acids is 1. The van der Waals surface area contributed by atoms with Gasteiger partial charge in [0.1, 0.15) is 5.75 Å². The predicted octanol–water partition coefficient (Wildman–Crippen LogP) is 3.41. The van der Waals surface area contributed by atoms with E-state index in [0.717, 1.165) is 0 Å². The Labute approximate surface area is 173 Å². The fourth-order valence-electron chi connectivity index (χ4n) is 4.35. The van der Waals surface area contributed by atoms with E-state index in [1.54, 1.807) is 48.5 Å². The summed E-state index contributed by atoms with van der Waals surface area (Å²) in [5.41, 5.74) is 1.60. The summed E-state index contributed by atoms with van der Waals surface area (Å²) in [5, 5.41) is 15.1. The third-order valence-corrected chi connectivity index (χ3v) is 5.79. The first-order valence-electron chi connectivity index (χ1n) is 9.73. The second-order valence-electron chi connectivity index (χ2n) is 7.59. The number of carboxylic acids is 1. The number of nitrogens with one attached hydrogen (secondary N) is 2. The maximum absolute atomic E-state index is 12.7. The lowest BCUT2D eigenvalue weighted by molar-refractivity contribution is -0.146. The van der Waals surface area contributed by atoms with Crippen molar-refractivity contribution in [2.45, 2.75) is 6.42 Å². The van der Waals surface area contributed by atoms with Gasteiger partial charge in [-0.1, -0.05) is 18.2 Å². The maximum Gasteiger partial charge on any atom is 0.307 e. The van der Waals surface area contributed by atoms with Crippen LogP contribution in [0.3, 0.4) is 0 Å². The summed E-state index contributed by atoms with van der Waals surface area (Å²) in [7, 11) is 1.54. The van der Waals surface area contributed by atoms with Gasteiger partial charge < -0.3 is 20.5 Å². The van der Waals surface area contributed by atoms with E-state index in [1.807, 2.05) is 12.2 Å². The Hall–Kier alpha value is -3.61. The SMILES string of the molecule is COc1cccc(C(=O)Nc2ccc(NC(=O)[C@@H]3[C@@H](C(=O)O)[C@H]4C=C[C@@H]3C4)cc2)c1. The smallest absolute Gasteiger partial charge is 0.307 e. The molecule has 0 aromatic heterocycles. The van der Waals surface area contributed by atoms with E-state index in [-0.39, 0.29) is 23.7 Å². The molecule has 0 unspecified atom stereocenters. The molecule has 7 nitrogen and oxygen atoms in total. The van der Waals surface area contributed by atoms with Gasteiger partial charge in [-0.15, -0.1) is 0 Å². The summed E-state index contributed by atoms with van der Waals surface area (Å²) in [4.78, 5) is 36.7. The topological polar surface area (TPSA) is 105 Å². The highest BCUT2D eigenvalue weighted by Gasteiger charge is 2.51. The zero-order valence-corrected chi connectivity index (χ0v) is 16.4. The van der Waals surface area contributed by atoms with E-state index in [0.29, 0.717) is 29.1 Å². The van der Waals surface area contributed by atoms with Crippen LogP contribution in [0.15, 0.2) is 60.7 Å². The number of amides is 2. The minimum Gasteiger partial charge on any atom is -0.497 e. The fourth-order valence-corrected chi connectivity index (χ4v) is 4.35. The summed E-state index contributed by atoms with van der Waals surface area (Å²) < 4.78 is 5.13. The summed E-state index contributed by atoms with van der Waals surface area (Å²) in [5.74, 6) is -2.24. The molecule has 30 heavy (non-hydrogen) atoms. The third-order valence-electron chi connectivity index (χ3n) is 5.79. The van der Waals surface area contributed by atoms with Crippen LogP contribution in [0.4, 0.5) is 11.4 Å². The van der Waals surface area contributed by atoms with Gasteiger partial charge in [0.05, 0.1) is 18.9 Å². The molecule has 4 rings (SSSR count). The van der Waals surface area contributed by atoms with Crippen molar-refractivity contribution in [3.63, 3.8) is 0 Å². The van der Waals surface area contributed by atoms with Gasteiger partial charge in [0.25, 0.3) is 5.91 Å². The number of hydrogen-bond acceptors (Lipinski definition) is 4. The van der Waals surface area contributed by atoms with Gasteiger partial charge in [0.2, 0.25) is 5.91 Å². The van der Waals surface area contributed by atoms with Crippen molar-refractivity contribution in [3.8, 4) is 5.75 Å². The van der Waals surface area contributed by atoms with Crippen molar-refractivity contribution in [2.24, 2.45) is 23.7 Å². The molecule has 154 valence electrons. The lowest BCUT2D eigenvalue weighted by Crippen LogP contribution is -2.36. The largest absolute Gasteiger partial charge is 0.497 e. The van der Waals surface area contributed by atoms with Crippen molar-refractivity contribution in [1.29, 1.82) is 0 Å². The Bertz CT molecular complexity index is 1010. The zero-order valence-electron chi connectivity index (χ0n) is 16.4. The van der Waals surface area contributed by atoms with Crippen LogP contribution in [0.1, 0.15) is 16.8 Å². The van der Waals surface area contributed by atoms with E-state index in [9.17, 15) is 19.5 Å². The van der Waals surface area contributed by atoms with Gasteiger partial charge in [-0.3, -0.25) is 14.4 Å². The van der Waals surface area contributed by atoms with Crippen LogP contribution in [-0.4, -0.2) is 30.0 Å². The Kier molecular flexibility index (Phi) is 5.27. The van der Waals surface area contributed by atoms with Gasteiger partial charge in [-0.05, 0) is 60.7 Å². The molecule has 0 aliphatic heterocycles. The Balaban J connectivity index is 1.40. The van der Waals surface area contributed by atoms with E-state index < -0.39 is 17.8 Å². The molecule has 2 bridgehead atoms. The van der Waals surface area contributed by atoms with E-state index >= 15 is 0 Å². The van der Waals surface area contributed by atoms with Crippen LogP contribution in [0.2, 0.25) is 0 Å². The third kappa shape index (κ3) is 3.78. The molecule has 3 N–H and O–H groups in total. The summed E-state index contributed by atoms with van der Waals surface area (Å²) in [6, 6.07) is 13.6. The van der Waals surface area contributed by atoms with Gasteiger partial charge in [-0.25, -0.2) is 0 Å². The minimum atomic E-state index is -0.928. The van der Waals surface area contributed by atoms with Crippen molar-refractivity contribution in [3.05, 3.63) is 66.2 Å². The molecule has 2 amide bonds. The molecule has 0 heterocycles. The molecule has 7 heteroatoms. The van der Waals surface area contributed by atoms with E-state index in [2.05, 4.69) is 10.6 Å². The first-order valence-corrected chi connectivity index (χ1v) is 9.73. The number of carbonyl (C=O) groups is 3. The number of ether oxygens (including phenoxy) is 1. The number of hydrogen-bond donors (Lipinski definition) is 3. The average Bonchev–Trinajstić information content (AvgIpc) is 3.37. The molecule has 2 aliphatic carbocycles. The molecule has 2 aliphatic rings. The Morgan fingerprint density at radius 2 is 1.57 bits per heavy atom. The highest BCUT2D eigenvalue weighted by molar-refractivity contribution is 6.04. The monoisotopic (exact) mass is 406 g/mol. The highest BCUT2D eigenvalue weighted by Crippen LogP contribution is 2.48. The van der Waals surface area contributed by atoms with Crippen molar-refractivity contribution >= 4 is 29.2 Å². The number of carbonyl (C=O) groups excluding carboxylic acids is 2.